The van der Waals surface area contributed by atoms with Crippen molar-refractivity contribution in [3.05, 3.63) is 64.2 Å². The van der Waals surface area contributed by atoms with E-state index in [1.807, 2.05) is 0 Å². The van der Waals surface area contributed by atoms with Gasteiger partial charge in [0.1, 0.15) is 0 Å². The number of anilines is 1. The number of benzene rings is 2. The van der Waals surface area contributed by atoms with Gasteiger partial charge in [-0.25, -0.2) is 4.79 Å². The van der Waals surface area contributed by atoms with E-state index in [4.69, 9.17) is 9.47 Å². The highest BCUT2D eigenvalue weighted by atomic mass is 19.4. The number of hydrogen-bond donors (Lipinski definition) is 0. The molecule has 0 bridgehead atoms. The smallest absolute Gasteiger partial charge is 0.416 e. The number of fused-ring (bicyclic) bond motifs is 1. The summed E-state index contributed by atoms with van der Waals surface area (Å²) in [5.74, 6) is -2.23. The normalized spacial score (nSPS) is 19.0. The van der Waals surface area contributed by atoms with Crippen molar-refractivity contribution in [2.75, 3.05) is 25.2 Å². The van der Waals surface area contributed by atoms with Crippen molar-refractivity contribution in [2.45, 2.75) is 63.1 Å². The monoisotopic (exact) mass is 571 g/mol. The second-order valence-electron chi connectivity index (χ2n) is 9.15. The Morgan fingerprint density at radius 3 is 1.92 bits per heavy atom. The minimum atomic E-state index is -5.12. The van der Waals surface area contributed by atoms with Crippen LogP contribution in [-0.4, -0.2) is 32.5 Å². The predicted octanol–water partition coefficient (Wildman–Crippen LogP) is 8.40. The first kappa shape index (κ1) is 30.6. The third kappa shape index (κ3) is 6.62. The Hall–Kier alpha value is -2.96. The third-order valence-electron chi connectivity index (χ3n) is 6.71. The average molecular weight is 571 g/mol. The van der Waals surface area contributed by atoms with Crippen LogP contribution < -0.4 is 4.90 Å². The van der Waals surface area contributed by atoms with Gasteiger partial charge in [-0.15, -0.1) is 0 Å². The molecular weight excluding hydrogens is 545 g/mol. The molecule has 0 radical (unpaired) electrons. The number of nitrogens with zero attached hydrogens (tertiary/aromatic N) is 1. The Morgan fingerprint density at radius 1 is 0.897 bits per heavy atom. The highest BCUT2D eigenvalue weighted by Crippen LogP contribution is 2.49. The van der Waals surface area contributed by atoms with Gasteiger partial charge >= 0.3 is 24.6 Å². The molecule has 13 heteroatoms. The fraction of sp³-hybridized carbons (Fsp3) is 0.500. The summed E-state index contributed by atoms with van der Waals surface area (Å²) >= 11 is 0. The van der Waals surface area contributed by atoms with Crippen LogP contribution in [0.3, 0.4) is 0 Å². The fourth-order valence-electron chi connectivity index (χ4n) is 4.96. The SMILES string of the molecule is CCOC(=O)N1c2ccc(C(F)(F)F)cc2C(C(COC)c2cc(C(F)(F)F)cc(C(F)(F)F)c2)C[C@@H]1CC. The Kier molecular flexibility index (Phi) is 8.83. The lowest BCUT2D eigenvalue weighted by atomic mass is 9.73. The van der Waals surface area contributed by atoms with Crippen molar-refractivity contribution >= 4 is 11.8 Å². The van der Waals surface area contributed by atoms with E-state index in [0.717, 1.165) is 18.2 Å². The summed E-state index contributed by atoms with van der Waals surface area (Å²) in [5, 5.41) is 0. The van der Waals surface area contributed by atoms with Crippen molar-refractivity contribution in [2.24, 2.45) is 0 Å². The summed E-state index contributed by atoms with van der Waals surface area (Å²) in [5.41, 5.74) is -4.60. The minimum absolute atomic E-state index is 0.0126. The van der Waals surface area contributed by atoms with Crippen molar-refractivity contribution in [3.8, 4) is 0 Å². The molecule has 2 aromatic rings. The molecule has 4 nitrogen and oxygen atoms in total. The first-order chi connectivity index (χ1) is 18.0. The quantitative estimate of drug-likeness (QED) is 0.327. The summed E-state index contributed by atoms with van der Waals surface area (Å²) in [7, 11) is 1.18. The Balaban J connectivity index is 2.30. The number of hydrogen-bond acceptors (Lipinski definition) is 3. The molecule has 39 heavy (non-hydrogen) atoms. The van der Waals surface area contributed by atoms with Crippen molar-refractivity contribution in [1.82, 2.24) is 0 Å². The molecule has 0 aliphatic carbocycles. The van der Waals surface area contributed by atoms with Crippen LogP contribution in [0.15, 0.2) is 36.4 Å². The Morgan fingerprint density at radius 2 is 1.46 bits per heavy atom. The lowest BCUT2D eigenvalue weighted by Gasteiger charge is -2.43. The largest absolute Gasteiger partial charge is 0.449 e. The average Bonchev–Trinajstić information content (AvgIpc) is 2.84. The number of ether oxygens (including phenoxy) is 2. The number of carbonyl (C=O) groups is 1. The highest BCUT2D eigenvalue weighted by Gasteiger charge is 2.43. The van der Waals surface area contributed by atoms with Gasteiger partial charge < -0.3 is 9.47 Å². The molecule has 0 fully saturated rings. The van der Waals surface area contributed by atoms with Crippen LogP contribution >= 0.6 is 0 Å². The predicted molar refractivity (Wildman–Crippen MR) is 123 cm³/mol. The first-order valence-electron chi connectivity index (χ1n) is 12.0. The standard InChI is InChI=1S/C26H26F9NO3/c1-4-18-12-19(20-11-15(24(27,28)29)6-7-22(20)36(18)23(37)39-5-2)21(13-38-3)14-8-16(25(30,31)32)10-17(9-14)26(33,34)35/h6-11,18-19,21H,4-5,12-13H2,1-3H3/t18-,19?,21?/m0/s1. The minimum Gasteiger partial charge on any atom is -0.449 e. The van der Waals surface area contributed by atoms with E-state index >= 15 is 0 Å². The lowest BCUT2D eigenvalue weighted by molar-refractivity contribution is -0.143. The van der Waals surface area contributed by atoms with E-state index < -0.39 is 71.4 Å². The van der Waals surface area contributed by atoms with Gasteiger partial charge in [0.05, 0.1) is 35.6 Å². The van der Waals surface area contributed by atoms with E-state index in [0.29, 0.717) is 12.1 Å². The second kappa shape index (κ2) is 11.3. The number of amides is 1. The maximum absolute atomic E-state index is 13.7. The summed E-state index contributed by atoms with van der Waals surface area (Å²) < 4.78 is 133. The van der Waals surface area contributed by atoms with Crippen LogP contribution in [0.2, 0.25) is 0 Å². The van der Waals surface area contributed by atoms with Gasteiger partial charge in [-0.3, -0.25) is 4.90 Å². The van der Waals surface area contributed by atoms with Gasteiger partial charge in [-0.2, -0.15) is 39.5 Å². The van der Waals surface area contributed by atoms with Gasteiger partial charge in [0.15, 0.2) is 0 Å². The summed E-state index contributed by atoms with van der Waals surface area (Å²) in [6, 6.07) is 3.06. The molecule has 2 unspecified atom stereocenters. The van der Waals surface area contributed by atoms with E-state index in [2.05, 4.69) is 0 Å². The molecule has 2 aromatic carbocycles. The Labute approximate surface area is 218 Å². The van der Waals surface area contributed by atoms with Crippen molar-refractivity contribution < 1.29 is 53.8 Å². The van der Waals surface area contributed by atoms with Gasteiger partial charge in [-0.05, 0) is 73.2 Å². The van der Waals surface area contributed by atoms with Crippen LogP contribution in [0.1, 0.15) is 66.3 Å². The lowest BCUT2D eigenvalue weighted by Crippen LogP contribution is -2.46. The van der Waals surface area contributed by atoms with Crippen LogP contribution in [0, 0.1) is 0 Å². The van der Waals surface area contributed by atoms with Crippen LogP contribution in [0.5, 0.6) is 0 Å². The molecule has 1 aliphatic rings. The molecule has 0 saturated carbocycles. The van der Waals surface area contributed by atoms with Crippen molar-refractivity contribution in [1.29, 1.82) is 0 Å². The number of halogens is 9. The summed E-state index contributed by atoms with van der Waals surface area (Å²) in [6.45, 7) is 2.82. The number of rotatable bonds is 6. The van der Waals surface area contributed by atoms with Gasteiger partial charge in [0.25, 0.3) is 0 Å². The maximum atomic E-state index is 13.7. The van der Waals surface area contributed by atoms with Gasteiger partial charge in [0, 0.05) is 19.1 Å². The number of carbonyl (C=O) groups excluding carboxylic acids is 1. The van der Waals surface area contributed by atoms with E-state index in [-0.39, 0.29) is 36.8 Å². The fourth-order valence-corrected chi connectivity index (χ4v) is 4.96. The molecule has 0 N–H and O–H groups in total. The molecule has 0 saturated heterocycles. The third-order valence-corrected chi connectivity index (χ3v) is 6.71. The van der Waals surface area contributed by atoms with E-state index in [1.54, 1.807) is 13.8 Å². The number of alkyl halides is 9. The van der Waals surface area contributed by atoms with Crippen LogP contribution in [0.25, 0.3) is 0 Å². The maximum Gasteiger partial charge on any atom is 0.416 e. The van der Waals surface area contributed by atoms with Gasteiger partial charge in [-0.1, -0.05) is 6.92 Å². The first-order valence-corrected chi connectivity index (χ1v) is 12.0. The van der Waals surface area contributed by atoms with Gasteiger partial charge in [0.2, 0.25) is 0 Å². The Bertz CT molecular complexity index is 1140. The summed E-state index contributed by atoms with van der Waals surface area (Å²) in [4.78, 5) is 14.0. The molecule has 1 heterocycles. The molecule has 0 aromatic heterocycles. The van der Waals surface area contributed by atoms with Crippen molar-refractivity contribution in [3.63, 3.8) is 0 Å². The van der Waals surface area contributed by atoms with E-state index in [1.165, 1.54) is 12.0 Å². The second-order valence-corrected chi connectivity index (χ2v) is 9.15. The molecule has 3 atom stereocenters. The molecule has 216 valence electrons. The molecular formula is C26H26F9NO3. The zero-order valence-electron chi connectivity index (χ0n) is 21.1. The van der Waals surface area contributed by atoms with Crippen LogP contribution in [-0.2, 0) is 28.0 Å². The molecule has 1 aliphatic heterocycles. The topological polar surface area (TPSA) is 38.8 Å². The highest BCUT2D eigenvalue weighted by molar-refractivity contribution is 5.90. The van der Waals surface area contributed by atoms with Crippen LogP contribution in [0.4, 0.5) is 50.0 Å². The molecule has 3 rings (SSSR count). The van der Waals surface area contributed by atoms with E-state index in [9.17, 15) is 44.3 Å². The zero-order valence-corrected chi connectivity index (χ0v) is 21.1. The number of methoxy groups -OCH3 is 1. The molecule has 0 spiro atoms. The molecule has 1 amide bonds. The zero-order chi connectivity index (χ0) is 29.3. The summed E-state index contributed by atoms with van der Waals surface area (Å²) in [6.07, 6.45) is -15.6.